The molecule has 1 aromatic heterocycles. The average molecular weight is 340 g/mol. The SMILES string of the molecule is COc1ccc(CCC(=O)NCc2nn[nH]n2)cc1Br. The Morgan fingerprint density at radius 2 is 2.35 bits per heavy atom. The summed E-state index contributed by atoms with van der Waals surface area (Å²) in [6.45, 7) is 0.279. The van der Waals surface area contributed by atoms with Crippen LogP contribution in [0.2, 0.25) is 0 Å². The predicted octanol–water partition coefficient (Wildman–Crippen LogP) is 1.22. The van der Waals surface area contributed by atoms with Crippen molar-refractivity contribution in [3.05, 3.63) is 34.1 Å². The van der Waals surface area contributed by atoms with E-state index < -0.39 is 0 Å². The molecule has 7 nitrogen and oxygen atoms in total. The van der Waals surface area contributed by atoms with Crippen LogP contribution in [0.15, 0.2) is 22.7 Å². The number of aromatic nitrogens is 4. The third-order valence-electron chi connectivity index (χ3n) is 2.69. The lowest BCUT2D eigenvalue weighted by molar-refractivity contribution is -0.121. The molecule has 20 heavy (non-hydrogen) atoms. The van der Waals surface area contributed by atoms with Crippen LogP contribution < -0.4 is 10.1 Å². The first-order valence-corrected chi connectivity index (χ1v) is 6.80. The number of benzene rings is 1. The molecule has 0 fully saturated rings. The molecule has 2 N–H and O–H groups in total. The highest BCUT2D eigenvalue weighted by Gasteiger charge is 2.06. The van der Waals surface area contributed by atoms with E-state index in [9.17, 15) is 4.79 Å². The number of hydrogen-bond acceptors (Lipinski definition) is 5. The Kier molecular flexibility index (Phi) is 5.05. The van der Waals surface area contributed by atoms with Crippen molar-refractivity contribution in [2.75, 3.05) is 7.11 Å². The van der Waals surface area contributed by atoms with E-state index in [1.165, 1.54) is 0 Å². The Morgan fingerprint density at radius 3 is 3.00 bits per heavy atom. The second-order valence-corrected chi connectivity index (χ2v) is 4.93. The van der Waals surface area contributed by atoms with Gasteiger partial charge in [-0.25, -0.2) is 0 Å². The second-order valence-electron chi connectivity index (χ2n) is 4.07. The zero-order valence-corrected chi connectivity index (χ0v) is 12.5. The quantitative estimate of drug-likeness (QED) is 0.825. The summed E-state index contributed by atoms with van der Waals surface area (Å²) in [5.74, 6) is 1.18. The Labute approximate surface area is 124 Å². The number of methoxy groups -OCH3 is 1. The molecule has 0 radical (unpaired) electrons. The summed E-state index contributed by atoms with van der Waals surface area (Å²) < 4.78 is 6.04. The molecule has 8 heteroatoms. The van der Waals surface area contributed by atoms with E-state index in [0.717, 1.165) is 15.8 Å². The van der Waals surface area contributed by atoms with Gasteiger partial charge in [0.1, 0.15) is 5.75 Å². The van der Waals surface area contributed by atoms with Gasteiger partial charge >= 0.3 is 0 Å². The molecule has 0 atom stereocenters. The number of aryl methyl sites for hydroxylation is 1. The maximum atomic E-state index is 11.7. The highest BCUT2D eigenvalue weighted by molar-refractivity contribution is 9.10. The second kappa shape index (κ2) is 6.99. The number of rotatable bonds is 6. The molecular weight excluding hydrogens is 326 g/mol. The minimum absolute atomic E-state index is 0.0539. The number of aromatic amines is 1. The van der Waals surface area contributed by atoms with Gasteiger partial charge in [-0.2, -0.15) is 5.21 Å². The summed E-state index contributed by atoms with van der Waals surface area (Å²) in [5.41, 5.74) is 1.06. The van der Waals surface area contributed by atoms with Crippen molar-refractivity contribution < 1.29 is 9.53 Å². The van der Waals surface area contributed by atoms with Gasteiger partial charge in [0, 0.05) is 6.42 Å². The van der Waals surface area contributed by atoms with Crippen molar-refractivity contribution in [1.82, 2.24) is 25.9 Å². The molecule has 1 amide bonds. The van der Waals surface area contributed by atoms with E-state index in [2.05, 4.69) is 41.9 Å². The molecule has 2 rings (SSSR count). The molecular formula is C12H14BrN5O2. The van der Waals surface area contributed by atoms with E-state index in [-0.39, 0.29) is 12.5 Å². The van der Waals surface area contributed by atoms with Crippen LogP contribution in [-0.2, 0) is 17.8 Å². The third-order valence-corrected chi connectivity index (χ3v) is 3.31. The summed E-state index contributed by atoms with van der Waals surface area (Å²) in [6.07, 6.45) is 1.05. The minimum atomic E-state index is -0.0539. The Bertz CT molecular complexity index is 573. The number of carbonyl (C=O) groups excluding carboxylic acids is 1. The molecule has 2 aromatic rings. The largest absolute Gasteiger partial charge is 0.496 e. The molecule has 1 aromatic carbocycles. The van der Waals surface area contributed by atoms with Crippen LogP contribution in [0.25, 0.3) is 0 Å². The first kappa shape index (κ1) is 14.4. The first-order chi connectivity index (χ1) is 9.69. The summed E-state index contributed by atoms with van der Waals surface area (Å²) in [7, 11) is 1.62. The minimum Gasteiger partial charge on any atom is -0.496 e. The van der Waals surface area contributed by atoms with Crippen LogP contribution in [0, 0.1) is 0 Å². The van der Waals surface area contributed by atoms with Gasteiger partial charge in [-0.3, -0.25) is 4.79 Å². The molecule has 0 aliphatic heterocycles. The predicted molar refractivity (Wildman–Crippen MR) is 75.0 cm³/mol. The third kappa shape index (κ3) is 4.02. The average Bonchev–Trinajstić information content (AvgIpc) is 2.96. The zero-order valence-electron chi connectivity index (χ0n) is 10.9. The lowest BCUT2D eigenvalue weighted by Gasteiger charge is -2.06. The maximum Gasteiger partial charge on any atom is 0.220 e. The van der Waals surface area contributed by atoms with Crippen LogP contribution in [0.3, 0.4) is 0 Å². The van der Waals surface area contributed by atoms with Crippen molar-refractivity contribution in [3.8, 4) is 5.75 Å². The molecule has 0 spiro atoms. The fourth-order valence-corrected chi connectivity index (χ4v) is 2.23. The van der Waals surface area contributed by atoms with Crippen molar-refractivity contribution in [2.45, 2.75) is 19.4 Å². The lowest BCUT2D eigenvalue weighted by Crippen LogP contribution is -2.23. The highest BCUT2D eigenvalue weighted by atomic mass is 79.9. The van der Waals surface area contributed by atoms with Crippen molar-refractivity contribution >= 4 is 21.8 Å². The number of nitrogens with one attached hydrogen (secondary N) is 2. The Morgan fingerprint density at radius 1 is 1.50 bits per heavy atom. The number of amides is 1. The summed E-state index contributed by atoms with van der Waals surface area (Å²) in [6, 6.07) is 5.76. The smallest absolute Gasteiger partial charge is 0.220 e. The topological polar surface area (TPSA) is 92.8 Å². The van der Waals surface area contributed by atoms with Gasteiger partial charge in [-0.1, -0.05) is 11.3 Å². The van der Waals surface area contributed by atoms with Gasteiger partial charge < -0.3 is 10.1 Å². The molecule has 0 aliphatic carbocycles. The lowest BCUT2D eigenvalue weighted by atomic mass is 10.1. The van der Waals surface area contributed by atoms with Gasteiger partial charge in [-0.15, -0.1) is 10.2 Å². The number of halogens is 1. The normalized spacial score (nSPS) is 10.3. The maximum absolute atomic E-state index is 11.7. The van der Waals surface area contributed by atoms with Crippen molar-refractivity contribution in [3.63, 3.8) is 0 Å². The van der Waals surface area contributed by atoms with Crippen molar-refractivity contribution in [2.24, 2.45) is 0 Å². The molecule has 0 unspecified atom stereocenters. The molecule has 0 aliphatic rings. The standard InChI is InChI=1S/C12H14BrN5O2/c1-20-10-4-2-8(6-9(10)13)3-5-12(19)14-7-11-15-17-18-16-11/h2,4,6H,3,5,7H2,1H3,(H,14,19)(H,15,16,17,18). The summed E-state index contributed by atoms with van der Waals surface area (Å²) >= 11 is 3.42. The van der Waals surface area contributed by atoms with Crippen LogP contribution in [0.5, 0.6) is 5.75 Å². The Hall–Kier alpha value is -1.96. The van der Waals surface area contributed by atoms with Gasteiger partial charge in [0.25, 0.3) is 0 Å². The van der Waals surface area contributed by atoms with Gasteiger partial charge in [0.2, 0.25) is 5.91 Å². The number of hydrogen-bond donors (Lipinski definition) is 2. The van der Waals surface area contributed by atoms with Gasteiger partial charge in [0.05, 0.1) is 18.1 Å². The van der Waals surface area contributed by atoms with E-state index in [4.69, 9.17) is 4.74 Å². The van der Waals surface area contributed by atoms with E-state index >= 15 is 0 Å². The van der Waals surface area contributed by atoms with Crippen LogP contribution in [0.4, 0.5) is 0 Å². The number of ether oxygens (including phenoxy) is 1. The molecule has 1 heterocycles. The van der Waals surface area contributed by atoms with Gasteiger partial charge in [0.15, 0.2) is 5.82 Å². The number of tetrazole rings is 1. The molecule has 0 bridgehead atoms. The van der Waals surface area contributed by atoms with Crippen LogP contribution in [0.1, 0.15) is 17.8 Å². The van der Waals surface area contributed by atoms with Crippen molar-refractivity contribution in [1.29, 1.82) is 0 Å². The number of nitrogens with zero attached hydrogens (tertiary/aromatic N) is 3. The summed E-state index contributed by atoms with van der Waals surface area (Å²) in [4.78, 5) is 11.7. The molecule has 0 saturated heterocycles. The van der Waals surface area contributed by atoms with E-state index in [0.29, 0.717) is 18.7 Å². The van der Waals surface area contributed by atoms with Crippen LogP contribution in [-0.4, -0.2) is 33.6 Å². The number of carbonyl (C=O) groups is 1. The number of H-pyrrole nitrogens is 1. The zero-order chi connectivity index (χ0) is 14.4. The van der Waals surface area contributed by atoms with Gasteiger partial charge in [-0.05, 0) is 40.0 Å². The van der Waals surface area contributed by atoms with E-state index in [1.807, 2.05) is 18.2 Å². The summed E-state index contributed by atoms with van der Waals surface area (Å²) in [5, 5.41) is 16.0. The first-order valence-electron chi connectivity index (χ1n) is 6.00. The van der Waals surface area contributed by atoms with E-state index in [1.54, 1.807) is 7.11 Å². The monoisotopic (exact) mass is 339 g/mol. The molecule has 106 valence electrons. The highest BCUT2D eigenvalue weighted by Crippen LogP contribution is 2.25. The Balaban J connectivity index is 1.79. The molecule has 0 saturated carbocycles. The fourth-order valence-electron chi connectivity index (χ4n) is 1.65. The van der Waals surface area contributed by atoms with Crippen LogP contribution >= 0.6 is 15.9 Å². The fraction of sp³-hybridized carbons (Fsp3) is 0.333.